The van der Waals surface area contributed by atoms with Crippen molar-refractivity contribution in [1.82, 2.24) is 5.32 Å². The van der Waals surface area contributed by atoms with Crippen molar-refractivity contribution in [1.29, 1.82) is 0 Å². The first-order valence-corrected chi connectivity index (χ1v) is 7.20. The standard InChI is InChI=1S/C18H19NO2/c1-11-7-8-12(2)15(9-11)18(21)19-17-14-6-4-3-5-13(14)10-16(17)20/h3-9,16-17,20H,10H2,1-2H3,(H,19,21). The minimum atomic E-state index is -0.559. The summed E-state index contributed by atoms with van der Waals surface area (Å²) in [6.07, 6.45) is 0.0324. The third-order valence-corrected chi connectivity index (χ3v) is 4.13. The van der Waals surface area contributed by atoms with Crippen LogP contribution in [0.25, 0.3) is 0 Å². The molecule has 3 rings (SSSR count). The van der Waals surface area contributed by atoms with Crippen LogP contribution in [0, 0.1) is 13.8 Å². The first-order chi connectivity index (χ1) is 10.1. The summed E-state index contributed by atoms with van der Waals surface area (Å²) in [7, 11) is 0. The quantitative estimate of drug-likeness (QED) is 0.889. The molecule has 1 aliphatic carbocycles. The molecule has 0 radical (unpaired) electrons. The summed E-state index contributed by atoms with van der Waals surface area (Å²) < 4.78 is 0. The third kappa shape index (κ3) is 2.57. The Morgan fingerprint density at radius 1 is 1.19 bits per heavy atom. The molecule has 0 aliphatic heterocycles. The van der Waals surface area contributed by atoms with Gasteiger partial charge in [0.15, 0.2) is 0 Å². The Morgan fingerprint density at radius 2 is 1.95 bits per heavy atom. The van der Waals surface area contributed by atoms with E-state index in [0.29, 0.717) is 12.0 Å². The molecular formula is C18H19NO2. The summed E-state index contributed by atoms with van der Waals surface area (Å²) >= 11 is 0. The molecule has 0 fully saturated rings. The number of hydrogen-bond acceptors (Lipinski definition) is 2. The van der Waals surface area contributed by atoms with Crippen molar-refractivity contribution in [3.05, 3.63) is 70.3 Å². The maximum Gasteiger partial charge on any atom is 0.252 e. The highest BCUT2D eigenvalue weighted by Gasteiger charge is 2.32. The van der Waals surface area contributed by atoms with Gasteiger partial charge in [-0.15, -0.1) is 0 Å². The van der Waals surface area contributed by atoms with Crippen LogP contribution >= 0.6 is 0 Å². The Hall–Kier alpha value is -2.13. The van der Waals surface area contributed by atoms with Gasteiger partial charge < -0.3 is 10.4 Å². The second kappa shape index (κ2) is 5.34. The zero-order valence-corrected chi connectivity index (χ0v) is 12.3. The van der Waals surface area contributed by atoms with E-state index in [2.05, 4.69) is 5.32 Å². The maximum atomic E-state index is 12.5. The molecule has 2 aromatic carbocycles. The van der Waals surface area contributed by atoms with Crippen LogP contribution in [-0.4, -0.2) is 17.1 Å². The maximum absolute atomic E-state index is 12.5. The van der Waals surface area contributed by atoms with Crippen molar-refractivity contribution in [3.8, 4) is 0 Å². The summed E-state index contributed by atoms with van der Waals surface area (Å²) in [5.41, 5.74) is 4.79. The molecule has 0 bridgehead atoms. The van der Waals surface area contributed by atoms with Crippen LogP contribution in [0.2, 0.25) is 0 Å². The predicted octanol–water partition coefficient (Wildman–Crippen LogP) is 2.69. The van der Waals surface area contributed by atoms with Gasteiger partial charge in [0.25, 0.3) is 5.91 Å². The molecule has 2 N–H and O–H groups in total. The van der Waals surface area contributed by atoms with E-state index >= 15 is 0 Å². The minimum absolute atomic E-state index is 0.128. The van der Waals surface area contributed by atoms with Crippen LogP contribution in [0.15, 0.2) is 42.5 Å². The van der Waals surface area contributed by atoms with Crippen molar-refractivity contribution in [2.24, 2.45) is 0 Å². The van der Waals surface area contributed by atoms with Crippen LogP contribution in [0.4, 0.5) is 0 Å². The van der Waals surface area contributed by atoms with Gasteiger partial charge in [0, 0.05) is 12.0 Å². The number of aryl methyl sites for hydroxylation is 2. The zero-order valence-electron chi connectivity index (χ0n) is 12.3. The molecule has 1 amide bonds. The van der Waals surface area contributed by atoms with Crippen molar-refractivity contribution in [2.45, 2.75) is 32.4 Å². The second-order valence-corrected chi connectivity index (χ2v) is 5.74. The molecule has 3 heteroatoms. The number of hydrogen-bond donors (Lipinski definition) is 2. The average Bonchev–Trinajstić information content (AvgIpc) is 2.78. The van der Waals surface area contributed by atoms with Crippen molar-refractivity contribution in [2.75, 3.05) is 0 Å². The first kappa shape index (κ1) is 13.8. The SMILES string of the molecule is Cc1ccc(C)c(C(=O)NC2c3ccccc3CC2O)c1. The molecule has 0 spiro atoms. The van der Waals surface area contributed by atoms with E-state index in [1.807, 2.05) is 56.3 Å². The molecule has 2 aromatic rings. The fourth-order valence-electron chi connectivity index (χ4n) is 2.95. The van der Waals surface area contributed by atoms with E-state index in [9.17, 15) is 9.90 Å². The second-order valence-electron chi connectivity index (χ2n) is 5.74. The molecule has 0 saturated carbocycles. The number of fused-ring (bicyclic) bond motifs is 1. The van der Waals surface area contributed by atoms with Gasteiger partial charge in [0.1, 0.15) is 0 Å². The van der Waals surface area contributed by atoms with Gasteiger partial charge in [0.2, 0.25) is 0 Å². The normalized spacial score (nSPS) is 20.1. The number of carbonyl (C=O) groups excluding carboxylic acids is 1. The Kier molecular flexibility index (Phi) is 3.52. The third-order valence-electron chi connectivity index (χ3n) is 4.13. The molecular weight excluding hydrogens is 262 g/mol. The molecule has 3 nitrogen and oxygen atoms in total. The number of carbonyl (C=O) groups is 1. The molecule has 0 saturated heterocycles. The lowest BCUT2D eigenvalue weighted by Gasteiger charge is -2.19. The van der Waals surface area contributed by atoms with Gasteiger partial charge in [0.05, 0.1) is 12.1 Å². The van der Waals surface area contributed by atoms with Gasteiger partial charge in [-0.1, -0.05) is 42.0 Å². The van der Waals surface area contributed by atoms with Gasteiger partial charge in [-0.3, -0.25) is 4.79 Å². The minimum Gasteiger partial charge on any atom is -0.390 e. The summed E-state index contributed by atoms with van der Waals surface area (Å²) in [5.74, 6) is -0.128. The molecule has 2 atom stereocenters. The van der Waals surface area contributed by atoms with E-state index < -0.39 is 6.10 Å². The Balaban J connectivity index is 1.87. The molecule has 1 aliphatic rings. The monoisotopic (exact) mass is 281 g/mol. The Bertz CT molecular complexity index is 693. The van der Waals surface area contributed by atoms with E-state index in [1.165, 1.54) is 0 Å². The first-order valence-electron chi connectivity index (χ1n) is 7.20. The summed E-state index contributed by atoms with van der Waals surface area (Å²) in [5, 5.41) is 13.2. The lowest BCUT2D eigenvalue weighted by Crippen LogP contribution is -2.34. The smallest absolute Gasteiger partial charge is 0.252 e. The number of amides is 1. The van der Waals surface area contributed by atoms with Crippen LogP contribution in [0.5, 0.6) is 0 Å². The van der Waals surface area contributed by atoms with Crippen LogP contribution in [0.3, 0.4) is 0 Å². The van der Waals surface area contributed by atoms with Gasteiger partial charge >= 0.3 is 0 Å². The average molecular weight is 281 g/mol. The number of aliphatic hydroxyl groups is 1. The highest BCUT2D eigenvalue weighted by molar-refractivity contribution is 5.96. The number of nitrogens with one attached hydrogen (secondary N) is 1. The lowest BCUT2D eigenvalue weighted by molar-refractivity contribution is 0.0857. The molecule has 0 heterocycles. The van der Waals surface area contributed by atoms with Gasteiger partial charge in [-0.2, -0.15) is 0 Å². The highest BCUT2D eigenvalue weighted by Crippen LogP contribution is 2.31. The van der Waals surface area contributed by atoms with Gasteiger partial charge in [-0.05, 0) is 36.6 Å². The summed E-state index contributed by atoms with van der Waals surface area (Å²) in [6, 6.07) is 13.4. The fourth-order valence-corrected chi connectivity index (χ4v) is 2.95. The highest BCUT2D eigenvalue weighted by atomic mass is 16.3. The topological polar surface area (TPSA) is 49.3 Å². The van der Waals surface area contributed by atoms with Gasteiger partial charge in [-0.25, -0.2) is 0 Å². The molecule has 21 heavy (non-hydrogen) atoms. The molecule has 0 aromatic heterocycles. The molecule has 108 valence electrons. The Labute approximate surface area is 124 Å². The summed E-state index contributed by atoms with van der Waals surface area (Å²) in [6.45, 7) is 3.89. The van der Waals surface area contributed by atoms with E-state index in [1.54, 1.807) is 0 Å². The fraction of sp³-hybridized carbons (Fsp3) is 0.278. The predicted molar refractivity (Wildman–Crippen MR) is 82.3 cm³/mol. The van der Waals surface area contributed by atoms with Crippen molar-refractivity contribution < 1.29 is 9.90 Å². The van der Waals surface area contributed by atoms with Crippen molar-refractivity contribution in [3.63, 3.8) is 0 Å². The largest absolute Gasteiger partial charge is 0.390 e. The number of aliphatic hydroxyl groups excluding tert-OH is 1. The van der Waals surface area contributed by atoms with E-state index in [4.69, 9.17) is 0 Å². The molecule has 2 unspecified atom stereocenters. The van der Waals surface area contributed by atoms with E-state index in [0.717, 1.165) is 22.3 Å². The number of benzene rings is 2. The lowest BCUT2D eigenvalue weighted by atomic mass is 10.0. The van der Waals surface area contributed by atoms with Crippen LogP contribution in [0.1, 0.15) is 38.7 Å². The zero-order chi connectivity index (χ0) is 15.0. The van der Waals surface area contributed by atoms with Crippen LogP contribution < -0.4 is 5.32 Å². The van der Waals surface area contributed by atoms with Crippen molar-refractivity contribution >= 4 is 5.91 Å². The Morgan fingerprint density at radius 3 is 2.76 bits per heavy atom. The summed E-state index contributed by atoms with van der Waals surface area (Å²) in [4.78, 5) is 12.5. The van der Waals surface area contributed by atoms with Crippen LogP contribution in [-0.2, 0) is 6.42 Å². The number of rotatable bonds is 2. The van der Waals surface area contributed by atoms with E-state index in [-0.39, 0.29) is 11.9 Å².